The molecule has 0 atom stereocenters. The van der Waals surface area contributed by atoms with E-state index in [2.05, 4.69) is 38.4 Å². The SMILES string of the molecule is Cc1cn2nc(C3CC3)c(Nc3nc(-c4ccc(F)cc4)c(C#N)s3)c2cc1Br. The van der Waals surface area contributed by atoms with Gasteiger partial charge in [0.2, 0.25) is 0 Å². The van der Waals surface area contributed by atoms with Gasteiger partial charge in [0, 0.05) is 22.2 Å². The summed E-state index contributed by atoms with van der Waals surface area (Å²) in [7, 11) is 0. The van der Waals surface area contributed by atoms with Crippen molar-refractivity contribution >= 4 is 43.6 Å². The van der Waals surface area contributed by atoms with Crippen molar-refractivity contribution in [2.75, 3.05) is 5.32 Å². The van der Waals surface area contributed by atoms with Gasteiger partial charge in [0.1, 0.15) is 22.5 Å². The summed E-state index contributed by atoms with van der Waals surface area (Å²) in [6.45, 7) is 2.03. The van der Waals surface area contributed by atoms with Crippen LogP contribution in [0.25, 0.3) is 16.8 Å². The smallest absolute Gasteiger partial charge is 0.189 e. The molecule has 4 aromatic rings. The molecule has 0 bridgehead atoms. The number of aromatic nitrogens is 3. The maximum absolute atomic E-state index is 13.3. The maximum Gasteiger partial charge on any atom is 0.189 e. The maximum atomic E-state index is 13.3. The molecule has 1 fully saturated rings. The lowest BCUT2D eigenvalue weighted by Crippen LogP contribution is -1.93. The number of hydrogen-bond donors (Lipinski definition) is 1. The molecule has 29 heavy (non-hydrogen) atoms. The third-order valence-corrected chi connectivity index (χ3v) is 6.70. The number of pyridine rings is 1. The molecular weight excluding hydrogens is 453 g/mol. The highest BCUT2D eigenvalue weighted by atomic mass is 79.9. The van der Waals surface area contributed by atoms with Crippen LogP contribution in [0.4, 0.5) is 15.2 Å². The van der Waals surface area contributed by atoms with Gasteiger partial charge in [-0.2, -0.15) is 10.4 Å². The van der Waals surface area contributed by atoms with Gasteiger partial charge in [-0.25, -0.2) is 13.9 Å². The minimum absolute atomic E-state index is 0.317. The number of fused-ring (bicyclic) bond motifs is 1. The van der Waals surface area contributed by atoms with Crippen LogP contribution < -0.4 is 5.32 Å². The van der Waals surface area contributed by atoms with E-state index in [0.29, 0.717) is 27.2 Å². The van der Waals surface area contributed by atoms with Gasteiger partial charge in [0.15, 0.2) is 5.13 Å². The van der Waals surface area contributed by atoms with Crippen LogP contribution >= 0.6 is 27.3 Å². The fourth-order valence-electron chi connectivity index (χ4n) is 3.31. The molecule has 1 aliphatic rings. The molecule has 0 saturated heterocycles. The second kappa shape index (κ2) is 6.94. The molecule has 0 radical (unpaired) electrons. The third kappa shape index (κ3) is 3.30. The number of hydrogen-bond acceptors (Lipinski definition) is 5. The second-order valence-electron chi connectivity index (χ2n) is 7.11. The zero-order chi connectivity index (χ0) is 20.1. The second-order valence-corrected chi connectivity index (χ2v) is 8.96. The highest BCUT2D eigenvalue weighted by Gasteiger charge is 2.31. The summed E-state index contributed by atoms with van der Waals surface area (Å²) in [4.78, 5) is 5.12. The zero-order valence-corrected chi connectivity index (χ0v) is 17.8. The molecule has 3 aromatic heterocycles. The first-order chi connectivity index (χ1) is 14.0. The lowest BCUT2D eigenvalue weighted by molar-refractivity contribution is 0.628. The molecule has 1 saturated carbocycles. The number of aryl methyl sites for hydroxylation is 1. The number of thiazole rings is 1. The van der Waals surface area contributed by atoms with Crippen molar-refractivity contribution in [1.82, 2.24) is 14.6 Å². The van der Waals surface area contributed by atoms with Crippen LogP contribution in [0.5, 0.6) is 0 Å². The van der Waals surface area contributed by atoms with Gasteiger partial charge in [0.05, 0.1) is 16.9 Å². The monoisotopic (exact) mass is 467 g/mol. The lowest BCUT2D eigenvalue weighted by atomic mass is 10.1. The number of benzene rings is 1. The predicted molar refractivity (Wildman–Crippen MR) is 115 cm³/mol. The minimum atomic E-state index is -0.317. The summed E-state index contributed by atoms with van der Waals surface area (Å²) in [5.41, 5.74) is 5.29. The van der Waals surface area contributed by atoms with Crippen molar-refractivity contribution < 1.29 is 4.39 Å². The standard InChI is InChI=1S/C21H15BrFN5S/c1-11-10-28-16(8-15(11)22)20(19(27-28)13-2-3-13)26-21-25-18(17(9-24)29-21)12-4-6-14(23)7-5-12/h4-8,10,13H,2-3H2,1H3,(H,25,26). The van der Waals surface area contributed by atoms with Gasteiger partial charge in [-0.15, -0.1) is 0 Å². The number of nitrogens with zero attached hydrogens (tertiary/aromatic N) is 4. The molecule has 1 aliphatic carbocycles. The number of halogens is 2. The molecule has 0 unspecified atom stereocenters. The van der Waals surface area contributed by atoms with Gasteiger partial charge >= 0.3 is 0 Å². The minimum Gasteiger partial charge on any atom is -0.328 e. The molecule has 3 heterocycles. The summed E-state index contributed by atoms with van der Waals surface area (Å²) in [6.07, 6.45) is 4.25. The van der Waals surface area contributed by atoms with Gasteiger partial charge < -0.3 is 5.32 Å². The Hall–Kier alpha value is -2.76. The van der Waals surface area contributed by atoms with E-state index in [1.807, 2.05) is 17.6 Å². The number of anilines is 2. The fourth-order valence-corrected chi connectivity index (χ4v) is 4.42. The first kappa shape index (κ1) is 18.3. The molecule has 0 spiro atoms. The average molecular weight is 468 g/mol. The first-order valence-electron chi connectivity index (χ1n) is 9.16. The van der Waals surface area contributed by atoms with Crippen LogP contribution in [0.3, 0.4) is 0 Å². The number of nitrogens with one attached hydrogen (secondary N) is 1. The van der Waals surface area contributed by atoms with Crippen LogP contribution in [-0.4, -0.2) is 14.6 Å². The Kier molecular flexibility index (Phi) is 4.37. The molecule has 1 aromatic carbocycles. The summed E-state index contributed by atoms with van der Waals surface area (Å²) < 4.78 is 16.2. The van der Waals surface area contributed by atoms with Gasteiger partial charge in [-0.3, -0.25) is 0 Å². The average Bonchev–Trinajstić information content (AvgIpc) is 3.39. The van der Waals surface area contributed by atoms with Crippen LogP contribution in [0, 0.1) is 24.1 Å². The van der Waals surface area contributed by atoms with Crippen LogP contribution in [0.15, 0.2) is 41.0 Å². The predicted octanol–water partition coefficient (Wildman–Crippen LogP) is 6.16. The Balaban J connectivity index is 1.59. The molecule has 1 N–H and O–H groups in total. The van der Waals surface area contributed by atoms with Gasteiger partial charge in [0.25, 0.3) is 0 Å². The molecule has 8 heteroatoms. The van der Waals surface area contributed by atoms with E-state index in [1.54, 1.807) is 12.1 Å². The summed E-state index contributed by atoms with van der Waals surface area (Å²) in [5.74, 6) is 0.130. The lowest BCUT2D eigenvalue weighted by Gasteiger charge is -2.04. The zero-order valence-electron chi connectivity index (χ0n) is 15.4. The van der Waals surface area contributed by atoms with E-state index < -0.39 is 0 Å². The fraction of sp³-hybridized carbons (Fsp3) is 0.190. The molecule has 5 rings (SSSR count). The van der Waals surface area contributed by atoms with Crippen molar-refractivity contribution in [3.05, 3.63) is 63.0 Å². The first-order valence-corrected chi connectivity index (χ1v) is 10.8. The van der Waals surface area contributed by atoms with E-state index in [-0.39, 0.29) is 5.82 Å². The van der Waals surface area contributed by atoms with Crippen LogP contribution in [-0.2, 0) is 0 Å². The Bertz CT molecular complexity index is 1280. The van der Waals surface area contributed by atoms with E-state index >= 15 is 0 Å². The van der Waals surface area contributed by atoms with Gasteiger partial charge in [-0.1, -0.05) is 27.3 Å². The normalized spacial score (nSPS) is 13.6. The van der Waals surface area contributed by atoms with Crippen molar-refractivity contribution in [3.63, 3.8) is 0 Å². The van der Waals surface area contributed by atoms with Crippen LogP contribution in [0.1, 0.15) is 34.9 Å². The van der Waals surface area contributed by atoms with E-state index in [0.717, 1.165) is 39.8 Å². The van der Waals surface area contributed by atoms with Crippen molar-refractivity contribution in [1.29, 1.82) is 5.26 Å². The Morgan fingerprint density at radius 1 is 1.31 bits per heavy atom. The van der Waals surface area contributed by atoms with Gasteiger partial charge in [-0.05, 0) is 55.7 Å². The third-order valence-electron chi connectivity index (χ3n) is 4.97. The summed E-state index contributed by atoms with van der Waals surface area (Å²) in [5, 5.41) is 18.4. The quantitative estimate of drug-likeness (QED) is 0.390. The Morgan fingerprint density at radius 3 is 2.76 bits per heavy atom. The summed E-state index contributed by atoms with van der Waals surface area (Å²) >= 11 is 4.89. The largest absolute Gasteiger partial charge is 0.328 e. The van der Waals surface area contributed by atoms with Crippen molar-refractivity contribution in [3.8, 4) is 17.3 Å². The van der Waals surface area contributed by atoms with E-state index in [9.17, 15) is 9.65 Å². The van der Waals surface area contributed by atoms with Crippen molar-refractivity contribution in [2.24, 2.45) is 0 Å². The highest BCUT2D eigenvalue weighted by Crippen LogP contribution is 2.45. The van der Waals surface area contributed by atoms with E-state index in [1.165, 1.54) is 23.5 Å². The van der Waals surface area contributed by atoms with Crippen molar-refractivity contribution in [2.45, 2.75) is 25.7 Å². The summed E-state index contributed by atoms with van der Waals surface area (Å²) in [6, 6.07) is 10.3. The molecule has 144 valence electrons. The Morgan fingerprint density at radius 2 is 2.07 bits per heavy atom. The molecule has 0 aliphatic heterocycles. The topological polar surface area (TPSA) is 66.0 Å². The Labute approximate surface area is 179 Å². The highest BCUT2D eigenvalue weighted by molar-refractivity contribution is 9.10. The molecule has 0 amide bonds. The van der Waals surface area contributed by atoms with E-state index in [4.69, 9.17) is 5.10 Å². The number of nitriles is 1. The number of rotatable bonds is 4. The molecule has 5 nitrogen and oxygen atoms in total. The molecular formula is C21H15BrFN5S. The van der Waals surface area contributed by atoms with Crippen LogP contribution in [0.2, 0.25) is 0 Å².